The van der Waals surface area contributed by atoms with Crippen molar-refractivity contribution in [3.63, 3.8) is 0 Å². The van der Waals surface area contributed by atoms with Gasteiger partial charge in [-0.25, -0.2) is 0 Å². The predicted octanol–water partition coefficient (Wildman–Crippen LogP) is 3.74. The Bertz CT molecular complexity index is 735. The minimum Gasteiger partial charge on any atom is -0.398 e. The van der Waals surface area contributed by atoms with Crippen LogP contribution >= 0.6 is 23.2 Å². The number of nitrogens with two attached hydrogens (primary N) is 1. The maximum absolute atomic E-state index is 12.1. The van der Waals surface area contributed by atoms with Crippen LogP contribution in [0.1, 0.15) is 10.4 Å². The number of nitro groups is 1. The summed E-state index contributed by atoms with van der Waals surface area (Å²) in [6.45, 7) is 0. The number of amides is 1. The molecule has 0 radical (unpaired) electrons. The maximum Gasteiger partial charge on any atom is 0.289 e. The van der Waals surface area contributed by atoms with Gasteiger partial charge in [-0.05, 0) is 30.3 Å². The molecule has 0 aliphatic carbocycles. The molecule has 8 heteroatoms. The maximum atomic E-state index is 12.1. The van der Waals surface area contributed by atoms with Gasteiger partial charge in [0.05, 0.1) is 10.5 Å². The van der Waals surface area contributed by atoms with Crippen molar-refractivity contribution < 1.29 is 9.72 Å². The number of nitrogens with one attached hydrogen (secondary N) is 1. The number of halogens is 2. The number of nitrogen functional groups attached to an aromatic ring is 1. The van der Waals surface area contributed by atoms with Gasteiger partial charge in [-0.15, -0.1) is 0 Å². The molecule has 2 aromatic rings. The van der Waals surface area contributed by atoms with E-state index in [0.29, 0.717) is 5.02 Å². The fourth-order valence-electron chi connectivity index (χ4n) is 1.65. The van der Waals surface area contributed by atoms with Crippen molar-refractivity contribution in [2.75, 3.05) is 11.1 Å². The number of hydrogen-bond donors (Lipinski definition) is 2. The Balaban J connectivity index is 2.29. The summed E-state index contributed by atoms with van der Waals surface area (Å²) in [4.78, 5) is 22.3. The van der Waals surface area contributed by atoms with Gasteiger partial charge in [-0.2, -0.15) is 0 Å². The second kappa shape index (κ2) is 5.99. The summed E-state index contributed by atoms with van der Waals surface area (Å²) in [5, 5.41) is 13.7. The Morgan fingerprint density at radius 2 is 1.90 bits per heavy atom. The van der Waals surface area contributed by atoms with Crippen LogP contribution in [0.15, 0.2) is 36.4 Å². The first-order valence-electron chi connectivity index (χ1n) is 5.69. The monoisotopic (exact) mass is 325 g/mol. The standard InChI is InChI=1S/C13H9Cl2N3O3/c14-7-1-4-11(16)9(5-7)13(19)17-8-2-3-10(15)12(6-8)18(20)21/h1-6H,16H2,(H,17,19). The quantitative estimate of drug-likeness (QED) is 0.510. The Kier molecular flexibility index (Phi) is 4.30. The molecule has 0 saturated carbocycles. The molecule has 0 aromatic heterocycles. The van der Waals surface area contributed by atoms with Gasteiger partial charge in [0.25, 0.3) is 11.6 Å². The SMILES string of the molecule is Nc1ccc(Cl)cc1C(=O)Nc1ccc(Cl)c([N+](=O)[O-])c1. The van der Waals surface area contributed by atoms with E-state index >= 15 is 0 Å². The topological polar surface area (TPSA) is 98.3 Å². The van der Waals surface area contributed by atoms with E-state index in [9.17, 15) is 14.9 Å². The van der Waals surface area contributed by atoms with E-state index in [-0.39, 0.29) is 27.6 Å². The summed E-state index contributed by atoms with van der Waals surface area (Å²) >= 11 is 11.5. The molecule has 108 valence electrons. The third-order valence-corrected chi connectivity index (χ3v) is 3.22. The van der Waals surface area contributed by atoms with Crippen molar-refractivity contribution in [1.82, 2.24) is 0 Å². The molecule has 21 heavy (non-hydrogen) atoms. The zero-order chi connectivity index (χ0) is 15.6. The average molecular weight is 326 g/mol. The summed E-state index contributed by atoms with van der Waals surface area (Å²) in [6, 6.07) is 8.42. The van der Waals surface area contributed by atoms with Crippen LogP contribution < -0.4 is 11.1 Å². The minimum absolute atomic E-state index is 0.0136. The van der Waals surface area contributed by atoms with Crippen molar-refractivity contribution in [2.24, 2.45) is 0 Å². The van der Waals surface area contributed by atoms with E-state index in [1.165, 1.54) is 30.3 Å². The first kappa shape index (κ1) is 15.1. The highest BCUT2D eigenvalue weighted by molar-refractivity contribution is 6.33. The van der Waals surface area contributed by atoms with Crippen molar-refractivity contribution in [1.29, 1.82) is 0 Å². The molecule has 2 rings (SSSR count). The summed E-state index contributed by atoms with van der Waals surface area (Å²) < 4.78 is 0. The molecule has 0 heterocycles. The number of carbonyl (C=O) groups is 1. The highest BCUT2D eigenvalue weighted by atomic mass is 35.5. The molecule has 0 atom stereocenters. The number of anilines is 2. The van der Waals surface area contributed by atoms with E-state index in [4.69, 9.17) is 28.9 Å². The Hall–Kier alpha value is -2.31. The molecule has 0 saturated heterocycles. The minimum atomic E-state index is -0.633. The number of rotatable bonds is 3. The summed E-state index contributed by atoms with van der Waals surface area (Å²) in [5.41, 5.74) is 6.06. The van der Waals surface area contributed by atoms with E-state index in [1.807, 2.05) is 0 Å². The van der Waals surface area contributed by atoms with Crippen LogP contribution in [-0.2, 0) is 0 Å². The molecular formula is C13H9Cl2N3O3. The molecule has 1 amide bonds. The normalized spacial score (nSPS) is 10.2. The zero-order valence-electron chi connectivity index (χ0n) is 10.5. The molecule has 0 bridgehead atoms. The number of benzene rings is 2. The van der Waals surface area contributed by atoms with E-state index < -0.39 is 10.8 Å². The van der Waals surface area contributed by atoms with Crippen molar-refractivity contribution in [2.45, 2.75) is 0 Å². The summed E-state index contributed by atoms with van der Waals surface area (Å²) in [6.07, 6.45) is 0. The van der Waals surface area contributed by atoms with Crippen molar-refractivity contribution >= 4 is 46.2 Å². The van der Waals surface area contributed by atoms with Gasteiger partial charge < -0.3 is 11.1 Å². The number of carbonyl (C=O) groups excluding carboxylic acids is 1. The molecule has 0 aliphatic rings. The lowest BCUT2D eigenvalue weighted by Gasteiger charge is -2.08. The first-order valence-corrected chi connectivity index (χ1v) is 6.44. The second-order valence-corrected chi connectivity index (χ2v) is 4.95. The van der Waals surface area contributed by atoms with E-state index in [1.54, 1.807) is 6.07 Å². The van der Waals surface area contributed by atoms with Crippen LogP contribution in [0.5, 0.6) is 0 Å². The van der Waals surface area contributed by atoms with E-state index in [2.05, 4.69) is 5.32 Å². The Morgan fingerprint density at radius 1 is 1.19 bits per heavy atom. The second-order valence-electron chi connectivity index (χ2n) is 4.11. The smallest absolute Gasteiger partial charge is 0.289 e. The highest BCUT2D eigenvalue weighted by Gasteiger charge is 2.15. The van der Waals surface area contributed by atoms with Crippen LogP contribution in [-0.4, -0.2) is 10.8 Å². The lowest BCUT2D eigenvalue weighted by atomic mass is 10.1. The van der Waals surface area contributed by atoms with Gasteiger partial charge in [-0.1, -0.05) is 23.2 Å². The van der Waals surface area contributed by atoms with Gasteiger partial charge in [0, 0.05) is 22.5 Å². The molecule has 6 nitrogen and oxygen atoms in total. The fourth-order valence-corrected chi connectivity index (χ4v) is 2.01. The van der Waals surface area contributed by atoms with Crippen LogP contribution in [0.25, 0.3) is 0 Å². The van der Waals surface area contributed by atoms with Crippen LogP contribution in [0, 0.1) is 10.1 Å². The molecule has 0 spiro atoms. The van der Waals surface area contributed by atoms with Crippen LogP contribution in [0.3, 0.4) is 0 Å². The van der Waals surface area contributed by atoms with Crippen molar-refractivity contribution in [3.8, 4) is 0 Å². The summed E-state index contributed by atoms with van der Waals surface area (Å²) in [7, 11) is 0. The number of hydrogen-bond acceptors (Lipinski definition) is 4. The Labute approximate surface area is 129 Å². The average Bonchev–Trinajstić information content (AvgIpc) is 2.43. The lowest BCUT2D eigenvalue weighted by molar-refractivity contribution is -0.384. The van der Waals surface area contributed by atoms with Gasteiger partial charge in [0.2, 0.25) is 0 Å². The third kappa shape index (κ3) is 3.42. The van der Waals surface area contributed by atoms with Gasteiger partial charge in [0.15, 0.2) is 0 Å². The van der Waals surface area contributed by atoms with Gasteiger partial charge in [0.1, 0.15) is 5.02 Å². The van der Waals surface area contributed by atoms with Crippen molar-refractivity contribution in [3.05, 3.63) is 62.1 Å². The lowest BCUT2D eigenvalue weighted by Crippen LogP contribution is -2.14. The van der Waals surface area contributed by atoms with Gasteiger partial charge >= 0.3 is 0 Å². The van der Waals surface area contributed by atoms with Crippen LogP contribution in [0.2, 0.25) is 10.0 Å². The first-order chi connectivity index (χ1) is 9.88. The molecule has 0 fully saturated rings. The fraction of sp³-hybridized carbons (Fsp3) is 0. The largest absolute Gasteiger partial charge is 0.398 e. The zero-order valence-corrected chi connectivity index (χ0v) is 12.0. The molecule has 2 aromatic carbocycles. The predicted molar refractivity (Wildman–Crippen MR) is 81.9 cm³/mol. The number of nitro benzene ring substituents is 1. The highest BCUT2D eigenvalue weighted by Crippen LogP contribution is 2.28. The van der Waals surface area contributed by atoms with Crippen LogP contribution in [0.4, 0.5) is 17.1 Å². The third-order valence-electron chi connectivity index (χ3n) is 2.66. The molecule has 0 aliphatic heterocycles. The molecule has 0 unspecified atom stereocenters. The summed E-state index contributed by atoms with van der Waals surface area (Å²) in [5.74, 6) is -0.522. The molecular weight excluding hydrogens is 317 g/mol. The Morgan fingerprint density at radius 3 is 2.57 bits per heavy atom. The molecule has 3 N–H and O–H groups in total. The van der Waals surface area contributed by atoms with E-state index in [0.717, 1.165) is 0 Å². The number of nitrogens with zero attached hydrogens (tertiary/aromatic N) is 1. The van der Waals surface area contributed by atoms with Gasteiger partial charge in [-0.3, -0.25) is 14.9 Å².